The zero-order chi connectivity index (χ0) is 40.9. The quantitative estimate of drug-likeness (QED) is 0.147. The summed E-state index contributed by atoms with van der Waals surface area (Å²) in [6, 6.07) is 69.2. The predicted molar refractivity (Wildman–Crippen MR) is 269 cm³/mol. The molecule has 0 aromatic heterocycles. The highest BCUT2D eigenvalue weighted by molar-refractivity contribution is 6.91. The first kappa shape index (κ1) is 36.7. The Labute approximate surface area is 355 Å². The molecule has 0 N–H and O–H groups in total. The van der Waals surface area contributed by atoms with E-state index in [0.717, 1.165) is 0 Å². The number of hydrogen-bond donors (Lipinski definition) is 0. The summed E-state index contributed by atoms with van der Waals surface area (Å²) in [5.41, 5.74) is 15.5. The molecule has 0 saturated carbocycles. The fraction of sp³-hybridized carbons (Fsp3) is 0.103. The van der Waals surface area contributed by atoms with E-state index in [1.165, 1.54) is 120 Å². The number of hydrogen-bond acceptors (Lipinski definition) is 0. The van der Waals surface area contributed by atoms with Crippen molar-refractivity contribution >= 4 is 69.6 Å². The summed E-state index contributed by atoms with van der Waals surface area (Å²) in [6.45, 7) is 14.7. The maximum absolute atomic E-state index is 2.45. The Balaban J connectivity index is 1.11. The van der Waals surface area contributed by atoms with Crippen LogP contribution >= 0.6 is 0 Å². The van der Waals surface area contributed by atoms with Gasteiger partial charge in [-0.25, -0.2) is 0 Å². The molecule has 60 heavy (non-hydrogen) atoms. The fourth-order valence-electron chi connectivity index (χ4n) is 10.4. The van der Waals surface area contributed by atoms with Crippen molar-refractivity contribution in [2.75, 3.05) is 0 Å². The summed E-state index contributed by atoms with van der Waals surface area (Å²) in [7, 11) is -3.04. The fourth-order valence-corrected chi connectivity index (χ4v) is 13.6. The smallest absolute Gasteiger partial charge is 0.0656 e. The summed E-state index contributed by atoms with van der Waals surface area (Å²) in [5.74, 6) is 0. The van der Waals surface area contributed by atoms with Crippen molar-refractivity contribution in [2.24, 2.45) is 0 Å². The molecule has 10 aromatic rings. The van der Waals surface area contributed by atoms with Crippen molar-refractivity contribution in [2.45, 2.75) is 39.3 Å². The Morgan fingerprint density at radius 2 is 0.600 bits per heavy atom. The van der Waals surface area contributed by atoms with Gasteiger partial charge in [0.1, 0.15) is 0 Å². The first-order valence-electron chi connectivity index (χ1n) is 21.4. The van der Waals surface area contributed by atoms with Crippen LogP contribution in [0.1, 0.15) is 0 Å². The second-order valence-corrected chi connectivity index (χ2v) is 28.9. The molecule has 0 atom stereocenters. The molecule has 0 aliphatic heterocycles. The molecule has 0 saturated heterocycles. The van der Waals surface area contributed by atoms with Gasteiger partial charge in [-0.15, -0.1) is 0 Å². The molecule has 0 nitrogen and oxygen atoms in total. The first-order chi connectivity index (χ1) is 29.1. The van der Waals surface area contributed by atoms with Crippen LogP contribution in [0.2, 0.25) is 39.3 Å². The standard InChI is InChI=1S/C58H48Si2/c1-59(2,3)52-35-33-42(44-17-7-9-19-46(44)52)37-25-29-40(30-26-37)55-48-21-11-12-22-49(48)56(58-51-24-14-16-39-15-13-23-50(54(39)51)57(55)58)41-31-27-38(28-32-41)43-34-36-53(60(4,5)6)47-20-10-8-18-45(43)47/h7-36H,1-6H3. The minimum Gasteiger partial charge on any atom is -0.0656 e. The molecular weight excluding hydrogens is 753 g/mol. The largest absolute Gasteiger partial charge is 0.0784 e. The van der Waals surface area contributed by atoms with E-state index in [0.29, 0.717) is 0 Å². The van der Waals surface area contributed by atoms with E-state index in [2.05, 4.69) is 221 Å². The molecule has 0 unspecified atom stereocenters. The van der Waals surface area contributed by atoms with Crippen LogP contribution < -0.4 is 10.4 Å². The second kappa shape index (κ2) is 13.6. The van der Waals surface area contributed by atoms with Gasteiger partial charge in [0.25, 0.3) is 0 Å². The average Bonchev–Trinajstić information content (AvgIpc) is 3.59. The van der Waals surface area contributed by atoms with Gasteiger partial charge in [0.15, 0.2) is 0 Å². The lowest BCUT2D eigenvalue weighted by Gasteiger charge is -2.22. The minimum atomic E-state index is -1.52. The summed E-state index contributed by atoms with van der Waals surface area (Å²) in [4.78, 5) is 0. The van der Waals surface area contributed by atoms with Crippen LogP contribution in [0.5, 0.6) is 0 Å². The molecule has 1 aliphatic carbocycles. The van der Waals surface area contributed by atoms with Crippen LogP contribution in [0.15, 0.2) is 182 Å². The van der Waals surface area contributed by atoms with Crippen molar-refractivity contribution in [3.05, 3.63) is 182 Å². The van der Waals surface area contributed by atoms with Crippen LogP contribution in [-0.4, -0.2) is 16.1 Å². The second-order valence-electron chi connectivity index (χ2n) is 18.8. The third kappa shape index (κ3) is 5.69. The Morgan fingerprint density at radius 1 is 0.250 bits per heavy atom. The van der Waals surface area contributed by atoms with Crippen LogP contribution in [0, 0.1) is 0 Å². The van der Waals surface area contributed by atoms with E-state index in [-0.39, 0.29) is 0 Å². The highest BCUT2D eigenvalue weighted by atomic mass is 28.3. The topological polar surface area (TPSA) is 0 Å². The van der Waals surface area contributed by atoms with E-state index in [4.69, 9.17) is 0 Å². The molecule has 0 bridgehead atoms. The van der Waals surface area contributed by atoms with Gasteiger partial charge in [-0.2, -0.15) is 0 Å². The molecule has 0 radical (unpaired) electrons. The number of benzene rings is 10. The third-order valence-corrected chi connectivity index (χ3v) is 17.2. The minimum absolute atomic E-state index is 1.24. The Bertz CT molecular complexity index is 3140. The van der Waals surface area contributed by atoms with Crippen LogP contribution in [0.4, 0.5) is 0 Å². The third-order valence-electron chi connectivity index (χ3n) is 13.1. The van der Waals surface area contributed by atoms with Gasteiger partial charge in [-0.05, 0) is 110 Å². The van der Waals surface area contributed by atoms with Gasteiger partial charge in [0.05, 0.1) is 16.1 Å². The zero-order valence-electron chi connectivity index (χ0n) is 35.3. The van der Waals surface area contributed by atoms with E-state index >= 15 is 0 Å². The maximum atomic E-state index is 2.45. The van der Waals surface area contributed by atoms with Gasteiger partial charge in [0, 0.05) is 0 Å². The number of rotatable bonds is 6. The molecule has 2 heteroatoms. The van der Waals surface area contributed by atoms with Crippen LogP contribution in [0.25, 0.3) is 110 Å². The van der Waals surface area contributed by atoms with Crippen molar-refractivity contribution in [1.29, 1.82) is 0 Å². The summed E-state index contributed by atoms with van der Waals surface area (Å²) >= 11 is 0. The molecule has 0 amide bonds. The van der Waals surface area contributed by atoms with E-state index in [1.54, 1.807) is 0 Å². The SMILES string of the molecule is C[Si](C)(C)c1ccc(-c2ccc(-c3c4c(c(-c5ccc(-c6ccc([Si](C)(C)C)c7ccccc67)cc5)c5ccccc35)-c3cccc5cccc-4c35)cc2)c2ccccc12. The van der Waals surface area contributed by atoms with Crippen LogP contribution in [0.3, 0.4) is 0 Å². The Morgan fingerprint density at radius 3 is 0.983 bits per heavy atom. The summed E-state index contributed by atoms with van der Waals surface area (Å²) in [5, 5.41) is 13.7. The zero-order valence-corrected chi connectivity index (χ0v) is 37.3. The van der Waals surface area contributed by atoms with Crippen LogP contribution in [-0.2, 0) is 0 Å². The molecule has 11 rings (SSSR count). The lowest BCUT2D eigenvalue weighted by Crippen LogP contribution is -2.38. The molecule has 0 fully saturated rings. The van der Waals surface area contributed by atoms with Gasteiger partial charge < -0.3 is 0 Å². The Hall–Kier alpha value is -6.33. The normalized spacial score (nSPS) is 12.5. The predicted octanol–water partition coefficient (Wildman–Crippen LogP) is 15.7. The van der Waals surface area contributed by atoms with E-state index in [1.807, 2.05) is 0 Å². The molecular formula is C58H48Si2. The molecule has 10 aromatic carbocycles. The summed E-state index contributed by atoms with van der Waals surface area (Å²) in [6.07, 6.45) is 0. The van der Waals surface area contributed by atoms with Gasteiger partial charge in [-0.3, -0.25) is 0 Å². The Kier molecular flexibility index (Phi) is 8.33. The summed E-state index contributed by atoms with van der Waals surface area (Å²) < 4.78 is 0. The molecule has 0 heterocycles. The average molecular weight is 801 g/mol. The molecule has 288 valence electrons. The highest BCUT2D eigenvalue weighted by Gasteiger charge is 2.31. The van der Waals surface area contributed by atoms with Crippen molar-refractivity contribution < 1.29 is 0 Å². The van der Waals surface area contributed by atoms with Crippen molar-refractivity contribution in [1.82, 2.24) is 0 Å². The van der Waals surface area contributed by atoms with Gasteiger partial charge in [-0.1, -0.05) is 232 Å². The highest BCUT2D eigenvalue weighted by Crippen LogP contribution is 2.57. The van der Waals surface area contributed by atoms with E-state index in [9.17, 15) is 0 Å². The van der Waals surface area contributed by atoms with Gasteiger partial charge in [0.2, 0.25) is 0 Å². The monoisotopic (exact) mass is 800 g/mol. The first-order valence-corrected chi connectivity index (χ1v) is 28.4. The lowest BCUT2D eigenvalue weighted by atomic mass is 9.82. The number of fused-ring (bicyclic) bond motifs is 6. The van der Waals surface area contributed by atoms with Crippen molar-refractivity contribution in [3.8, 4) is 66.8 Å². The van der Waals surface area contributed by atoms with E-state index < -0.39 is 16.1 Å². The molecule has 1 aliphatic rings. The van der Waals surface area contributed by atoms with Gasteiger partial charge >= 0.3 is 0 Å². The maximum Gasteiger partial charge on any atom is 0.0784 e. The molecule has 0 spiro atoms. The lowest BCUT2D eigenvalue weighted by molar-refractivity contribution is 1.60. The van der Waals surface area contributed by atoms with Crippen molar-refractivity contribution in [3.63, 3.8) is 0 Å².